The summed E-state index contributed by atoms with van der Waals surface area (Å²) in [6, 6.07) is 0. The summed E-state index contributed by atoms with van der Waals surface area (Å²) < 4.78 is 69.0. The van der Waals surface area contributed by atoms with Crippen molar-refractivity contribution in [3.8, 4) is 0 Å². The lowest BCUT2D eigenvalue weighted by molar-refractivity contribution is -0.161. The molecule has 0 aromatic carbocycles. The van der Waals surface area contributed by atoms with Gasteiger partial charge in [0.15, 0.2) is 12.2 Å². The minimum Gasteiger partial charge on any atom is -0.462 e. The highest BCUT2D eigenvalue weighted by Gasteiger charge is 2.31. The molecule has 0 aliphatic carbocycles. The van der Waals surface area contributed by atoms with Crippen molar-refractivity contribution >= 4 is 39.5 Å². The van der Waals surface area contributed by atoms with E-state index in [0.29, 0.717) is 25.7 Å². The summed E-state index contributed by atoms with van der Waals surface area (Å²) in [6.07, 6.45) is 75.2. The molecule has 0 fully saturated rings. The number of phosphoric ester groups is 2. The van der Waals surface area contributed by atoms with E-state index in [-0.39, 0.29) is 25.7 Å². The van der Waals surface area contributed by atoms with Crippen LogP contribution >= 0.6 is 15.6 Å². The molecule has 0 aliphatic rings. The Labute approximate surface area is 670 Å². The van der Waals surface area contributed by atoms with Crippen LogP contribution in [0, 0.1) is 11.8 Å². The Balaban J connectivity index is 5.23. The molecule has 17 nitrogen and oxygen atoms in total. The van der Waals surface area contributed by atoms with Crippen LogP contribution in [0.3, 0.4) is 0 Å². The van der Waals surface area contributed by atoms with Crippen LogP contribution in [0.4, 0.5) is 0 Å². The molecule has 0 amide bonds. The number of aliphatic hydroxyl groups excluding tert-OH is 1. The predicted molar refractivity (Wildman–Crippen MR) is 451 cm³/mol. The van der Waals surface area contributed by atoms with Crippen LogP contribution in [-0.4, -0.2) is 96.7 Å². The van der Waals surface area contributed by atoms with Crippen LogP contribution in [0.2, 0.25) is 0 Å². The summed E-state index contributed by atoms with van der Waals surface area (Å²) in [5.41, 5.74) is 0. The minimum atomic E-state index is -4.97. The molecular formula is C90H176O17P2. The summed E-state index contributed by atoms with van der Waals surface area (Å²) in [7, 11) is -9.93. The fourth-order valence-electron chi connectivity index (χ4n) is 14.1. The van der Waals surface area contributed by atoms with E-state index < -0.39 is 97.5 Å². The van der Waals surface area contributed by atoms with Crippen molar-refractivity contribution in [2.45, 2.75) is 503 Å². The van der Waals surface area contributed by atoms with Gasteiger partial charge in [-0.3, -0.25) is 37.3 Å². The predicted octanol–water partition coefficient (Wildman–Crippen LogP) is 27.8. The Kier molecular flexibility index (Phi) is 79.8. The van der Waals surface area contributed by atoms with Crippen LogP contribution in [0.5, 0.6) is 0 Å². The summed E-state index contributed by atoms with van der Waals surface area (Å²) in [6.45, 7) is 9.69. The first-order chi connectivity index (χ1) is 52.9. The third-order valence-corrected chi connectivity index (χ3v) is 23.1. The highest BCUT2D eigenvalue weighted by atomic mass is 31.2. The molecule has 0 saturated carbocycles. The summed E-state index contributed by atoms with van der Waals surface area (Å²) in [5, 5.41) is 10.7. The monoisotopic (exact) mass is 1590 g/mol. The van der Waals surface area contributed by atoms with Gasteiger partial charge in [-0.1, -0.05) is 433 Å². The molecule has 0 spiro atoms. The zero-order valence-electron chi connectivity index (χ0n) is 71.9. The maximum absolute atomic E-state index is 13.2. The summed E-state index contributed by atoms with van der Waals surface area (Å²) >= 11 is 0. The van der Waals surface area contributed by atoms with Crippen molar-refractivity contribution < 1.29 is 80.2 Å². The average molecular weight is 1590 g/mol. The van der Waals surface area contributed by atoms with Crippen LogP contribution in [-0.2, 0) is 65.4 Å². The lowest BCUT2D eigenvalue weighted by Gasteiger charge is -2.21. The SMILES string of the molecule is CCCCCCCCCCCCCCCCCCCCCCCC(=O)O[C@H](COC(=O)CCCCCCCCCCCCCCCCCCCCC)COP(=O)(O)OC[C@@H](O)COP(=O)(O)OC[C@@H](COC(=O)CCCCCCCCCCC(C)C)OC(=O)CCCCCCCCCCCCCCCCCC(C)C. The van der Waals surface area contributed by atoms with E-state index in [1.165, 1.54) is 302 Å². The number of unbranched alkanes of at least 4 members (excludes halogenated alkanes) is 59. The number of carbonyl (C=O) groups excluding carboxylic acids is 4. The number of phosphoric acid groups is 2. The second-order valence-corrected chi connectivity index (χ2v) is 36.2. The van der Waals surface area contributed by atoms with E-state index in [1.54, 1.807) is 0 Å². The topological polar surface area (TPSA) is 237 Å². The Morgan fingerprint density at radius 1 is 0.248 bits per heavy atom. The second kappa shape index (κ2) is 81.2. The zero-order valence-corrected chi connectivity index (χ0v) is 73.7. The molecule has 2 unspecified atom stereocenters. The minimum absolute atomic E-state index is 0.108. The Hall–Kier alpha value is -1.94. The van der Waals surface area contributed by atoms with Crippen LogP contribution < -0.4 is 0 Å². The highest BCUT2D eigenvalue weighted by molar-refractivity contribution is 7.47. The van der Waals surface area contributed by atoms with Crippen molar-refractivity contribution in [1.29, 1.82) is 0 Å². The maximum Gasteiger partial charge on any atom is 0.472 e. The fourth-order valence-corrected chi connectivity index (χ4v) is 15.7. The van der Waals surface area contributed by atoms with Gasteiger partial charge in [0, 0.05) is 25.7 Å². The van der Waals surface area contributed by atoms with Crippen LogP contribution in [0.1, 0.15) is 485 Å². The number of rotatable bonds is 89. The van der Waals surface area contributed by atoms with Crippen molar-refractivity contribution in [3.05, 3.63) is 0 Å². The summed E-state index contributed by atoms with van der Waals surface area (Å²) in [4.78, 5) is 73.4. The van der Waals surface area contributed by atoms with Crippen LogP contribution in [0.25, 0.3) is 0 Å². The smallest absolute Gasteiger partial charge is 0.462 e. The van der Waals surface area contributed by atoms with E-state index in [0.717, 1.165) is 102 Å². The molecule has 0 radical (unpaired) electrons. The van der Waals surface area contributed by atoms with Gasteiger partial charge in [-0.15, -0.1) is 0 Å². The number of carbonyl (C=O) groups is 4. The Morgan fingerprint density at radius 2 is 0.422 bits per heavy atom. The number of aliphatic hydroxyl groups is 1. The second-order valence-electron chi connectivity index (χ2n) is 33.3. The third kappa shape index (κ3) is 83.8. The van der Waals surface area contributed by atoms with Crippen molar-refractivity contribution in [3.63, 3.8) is 0 Å². The number of hydrogen-bond donors (Lipinski definition) is 3. The van der Waals surface area contributed by atoms with Gasteiger partial charge in [-0.25, -0.2) is 9.13 Å². The van der Waals surface area contributed by atoms with Crippen molar-refractivity contribution in [2.75, 3.05) is 39.6 Å². The number of ether oxygens (including phenoxy) is 4. The lowest BCUT2D eigenvalue weighted by atomic mass is 10.0. The quantitative estimate of drug-likeness (QED) is 0.0222. The molecule has 5 atom stereocenters. The number of hydrogen-bond acceptors (Lipinski definition) is 15. The van der Waals surface area contributed by atoms with E-state index in [2.05, 4.69) is 41.5 Å². The third-order valence-electron chi connectivity index (χ3n) is 21.2. The normalized spacial score (nSPS) is 13.8. The van der Waals surface area contributed by atoms with Gasteiger partial charge in [-0.05, 0) is 37.5 Å². The van der Waals surface area contributed by atoms with Gasteiger partial charge in [0.25, 0.3) is 0 Å². The van der Waals surface area contributed by atoms with Gasteiger partial charge in [-0.2, -0.15) is 0 Å². The first kappa shape index (κ1) is 107. The van der Waals surface area contributed by atoms with Gasteiger partial charge in [0.1, 0.15) is 19.3 Å². The first-order valence-corrected chi connectivity index (χ1v) is 49.5. The van der Waals surface area contributed by atoms with E-state index in [1.807, 2.05) is 0 Å². The van der Waals surface area contributed by atoms with Crippen molar-refractivity contribution in [2.24, 2.45) is 11.8 Å². The highest BCUT2D eigenvalue weighted by Crippen LogP contribution is 2.45. The zero-order chi connectivity index (χ0) is 79.9. The van der Waals surface area contributed by atoms with Crippen LogP contribution in [0.15, 0.2) is 0 Å². The number of esters is 4. The van der Waals surface area contributed by atoms with Crippen molar-refractivity contribution in [1.82, 2.24) is 0 Å². The first-order valence-electron chi connectivity index (χ1n) is 46.5. The summed E-state index contributed by atoms with van der Waals surface area (Å²) in [5.74, 6) is -0.569. The Bertz CT molecular complexity index is 2080. The van der Waals surface area contributed by atoms with Gasteiger partial charge >= 0.3 is 39.5 Å². The fraction of sp³-hybridized carbons (Fsp3) is 0.956. The van der Waals surface area contributed by atoms with E-state index in [4.69, 9.17) is 37.0 Å². The van der Waals surface area contributed by atoms with E-state index in [9.17, 15) is 43.2 Å². The molecule has 648 valence electrons. The molecule has 0 aromatic heterocycles. The lowest BCUT2D eigenvalue weighted by Crippen LogP contribution is -2.30. The largest absolute Gasteiger partial charge is 0.472 e. The average Bonchev–Trinajstić information content (AvgIpc) is 0.897. The molecular weight excluding hydrogens is 1410 g/mol. The Morgan fingerprint density at radius 3 is 0.624 bits per heavy atom. The molecule has 109 heavy (non-hydrogen) atoms. The molecule has 0 aromatic rings. The molecule has 0 rings (SSSR count). The molecule has 19 heteroatoms. The molecule has 0 aliphatic heterocycles. The van der Waals surface area contributed by atoms with Gasteiger partial charge < -0.3 is 33.8 Å². The van der Waals surface area contributed by atoms with Gasteiger partial charge in [0.2, 0.25) is 0 Å². The van der Waals surface area contributed by atoms with E-state index >= 15 is 0 Å². The molecule has 0 saturated heterocycles. The van der Waals surface area contributed by atoms with Gasteiger partial charge in [0.05, 0.1) is 26.4 Å². The molecule has 0 bridgehead atoms. The molecule has 0 heterocycles. The standard InChI is InChI=1S/C90H176O17P2/c1-7-9-11-13-15-17-19-21-23-25-27-28-30-32-36-40-44-48-56-62-68-74-89(94)106-85(78-100-87(92)72-66-60-54-47-43-39-35-31-29-26-24-22-20-18-16-14-12-10-8-2)80-104-108(96,97)102-76-84(91)77-103-109(98,99)105-81-86(79-101-88(93)73-67-61-55-51-50-53-59-65-71-83(5)6)107-90(95)75-69-63-57-49-45-41-37-33-34-38-42-46-52-58-64-70-82(3)4/h82-86,91H,7-81H2,1-6H3,(H,96,97)(H,98,99)/t84-,85-,86-/m1/s1. The maximum atomic E-state index is 13.2. The molecule has 3 N–H and O–H groups in total.